The standard InChI is InChI=1S/C14H25BrO/c1-12(2,3)16-14(9-15)11-7-6-10(8-11)13(14,4)5/h10-11H,6-9H2,1-5H3. The average molecular weight is 289 g/mol. The highest BCUT2D eigenvalue weighted by Crippen LogP contribution is 2.64. The minimum absolute atomic E-state index is 0.0461. The Morgan fingerprint density at radius 3 is 2.12 bits per heavy atom. The second kappa shape index (κ2) is 3.71. The number of hydrogen-bond donors (Lipinski definition) is 0. The van der Waals surface area contributed by atoms with Crippen LogP contribution in [0.3, 0.4) is 0 Å². The van der Waals surface area contributed by atoms with Gasteiger partial charge in [0.15, 0.2) is 0 Å². The van der Waals surface area contributed by atoms with Crippen molar-refractivity contribution in [3.05, 3.63) is 0 Å². The van der Waals surface area contributed by atoms with Crippen LogP contribution in [0, 0.1) is 17.3 Å². The van der Waals surface area contributed by atoms with Crippen molar-refractivity contribution >= 4 is 15.9 Å². The zero-order valence-electron chi connectivity index (χ0n) is 11.3. The Morgan fingerprint density at radius 2 is 1.75 bits per heavy atom. The molecule has 0 radical (unpaired) electrons. The van der Waals surface area contributed by atoms with E-state index in [1.165, 1.54) is 19.3 Å². The van der Waals surface area contributed by atoms with Gasteiger partial charge in [0.2, 0.25) is 0 Å². The lowest BCUT2D eigenvalue weighted by molar-refractivity contribution is -0.196. The minimum atomic E-state index is -0.0461. The van der Waals surface area contributed by atoms with Crippen LogP contribution in [-0.4, -0.2) is 16.5 Å². The van der Waals surface area contributed by atoms with Crippen LogP contribution < -0.4 is 0 Å². The number of ether oxygens (including phenoxy) is 1. The first-order chi connectivity index (χ1) is 7.23. The van der Waals surface area contributed by atoms with Gasteiger partial charge in [-0.05, 0) is 57.3 Å². The molecule has 0 amide bonds. The average Bonchev–Trinajstić information content (AvgIpc) is 2.66. The maximum atomic E-state index is 6.54. The molecule has 94 valence electrons. The van der Waals surface area contributed by atoms with E-state index in [9.17, 15) is 0 Å². The van der Waals surface area contributed by atoms with E-state index < -0.39 is 0 Å². The van der Waals surface area contributed by atoms with E-state index in [-0.39, 0.29) is 11.2 Å². The Morgan fingerprint density at radius 1 is 1.19 bits per heavy atom. The van der Waals surface area contributed by atoms with E-state index in [2.05, 4.69) is 50.5 Å². The van der Waals surface area contributed by atoms with E-state index in [1.807, 2.05) is 0 Å². The molecule has 2 aliphatic rings. The van der Waals surface area contributed by atoms with Crippen molar-refractivity contribution in [2.45, 2.75) is 65.1 Å². The molecule has 2 rings (SSSR count). The molecule has 2 heteroatoms. The molecule has 2 aliphatic carbocycles. The monoisotopic (exact) mass is 288 g/mol. The van der Waals surface area contributed by atoms with Crippen molar-refractivity contribution in [1.29, 1.82) is 0 Å². The van der Waals surface area contributed by atoms with Crippen molar-refractivity contribution in [3.8, 4) is 0 Å². The van der Waals surface area contributed by atoms with Gasteiger partial charge in [0.25, 0.3) is 0 Å². The molecule has 16 heavy (non-hydrogen) atoms. The highest BCUT2D eigenvalue weighted by molar-refractivity contribution is 9.09. The maximum absolute atomic E-state index is 6.54. The molecular weight excluding hydrogens is 264 g/mol. The third kappa shape index (κ3) is 1.68. The normalized spacial score (nSPS) is 41.6. The lowest BCUT2D eigenvalue weighted by atomic mass is 9.66. The van der Waals surface area contributed by atoms with E-state index in [0.717, 1.165) is 17.2 Å². The number of hydrogen-bond acceptors (Lipinski definition) is 1. The van der Waals surface area contributed by atoms with Crippen LogP contribution in [0.15, 0.2) is 0 Å². The number of fused-ring (bicyclic) bond motifs is 2. The van der Waals surface area contributed by atoms with Crippen molar-refractivity contribution in [1.82, 2.24) is 0 Å². The van der Waals surface area contributed by atoms with Gasteiger partial charge < -0.3 is 4.74 Å². The lowest BCUT2D eigenvalue weighted by Gasteiger charge is -2.51. The Labute approximate surface area is 108 Å². The first-order valence-corrected chi connectivity index (χ1v) is 7.61. The summed E-state index contributed by atoms with van der Waals surface area (Å²) in [4.78, 5) is 0. The summed E-state index contributed by atoms with van der Waals surface area (Å²) in [5, 5.41) is 0.978. The van der Waals surface area contributed by atoms with Crippen LogP contribution in [-0.2, 0) is 4.74 Å². The summed E-state index contributed by atoms with van der Waals surface area (Å²) < 4.78 is 6.54. The molecule has 3 atom stereocenters. The first-order valence-electron chi connectivity index (χ1n) is 6.49. The van der Waals surface area contributed by atoms with E-state index in [4.69, 9.17) is 4.74 Å². The van der Waals surface area contributed by atoms with Gasteiger partial charge in [0.1, 0.15) is 0 Å². The molecule has 1 nitrogen and oxygen atoms in total. The zero-order valence-corrected chi connectivity index (χ0v) is 12.9. The molecule has 2 fully saturated rings. The highest BCUT2D eigenvalue weighted by Gasteiger charge is 2.64. The van der Waals surface area contributed by atoms with Crippen LogP contribution in [0.5, 0.6) is 0 Å². The molecule has 2 saturated carbocycles. The summed E-state index contributed by atoms with van der Waals surface area (Å²) in [6.45, 7) is 11.4. The van der Waals surface area contributed by atoms with Crippen LogP contribution in [0.25, 0.3) is 0 Å². The highest BCUT2D eigenvalue weighted by atomic mass is 79.9. The van der Waals surface area contributed by atoms with Crippen LogP contribution in [0.4, 0.5) is 0 Å². The van der Waals surface area contributed by atoms with E-state index in [1.54, 1.807) is 0 Å². The topological polar surface area (TPSA) is 9.23 Å². The molecule has 0 N–H and O–H groups in total. The van der Waals surface area contributed by atoms with Gasteiger partial charge in [0.05, 0.1) is 11.2 Å². The van der Waals surface area contributed by atoms with Gasteiger partial charge in [-0.25, -0.2) is 0 Å². The van der Waals surface area contributed by atoms with Gasteiger partial charge in [-0.1, -0.05) is 29.8 Å². The Hall–Kier alpha value is 0.440. The quantitative estimate of drug-likeness (QED) is 0.685. The molecular formula is C14H25BrO. The maximum Gasteiger partial charge on any atom is 0.0867 e. The van der Waals surface area contributed by atoms with Crippen molar-refractivity contribution < 1.29 is 4.74 Å². The van der Waals surface area contributed by atoms with Gasteiger partial charge in [-0.15, -0.1) is 0 Å². The summed E-state index contributed by atoms with van der Waals surface area (Å²) in [6.07, 6.45) is 4.13. The van der Waals surface area contributed by atoms with Gasteiger partial charge in [0, 0.05) is 5.33 Å². The van der Waals surface area contributed by atoms with Crippen molar-refractivity contribution in [2.24, 2.45) is 17.3 Å². The predicted molar refractivity (Wildman–Crippen MR) is 72.0 cm³/mol. The van der Waals surface area contributed by atoms with Crippen molar-refractivity contribution in [2.75, 3.05) is 5.33 Å². The van der Waals surface area contributed by atoms with Crippen LogP contribution in [0.1, 0.15) is 53.9 Å². The Bertz CT molecular complexity index is 279. The van der Waals surface area contributed by atoms with Gasteiger partial charge >= 0.3 is 0 Å². The number of alkyl halides is 1. The molecule has 0 saturated heterocycles. The fraction of sp³-hybridized carbons (Fsp3) is 1.00. The lowest BCUT2D eigenvalue weighted by Crippen LogP contribution is -2.56. The summed E-state index contributed by atoms with van der Waals surface area (Å²) in [6, 6.07) is 0. The minimum Gasteiger partial charge on any atom is -0.368 e. The van der Waals surface area contributed by atoms with Gasteiger partial charge in [-0.2, -0.15) is 0 Å². The molecule has 0 aliphatic heterocycles. The van der Waals surface area contributed by atoms with Crippen molar-refractivity contribution in [3.63, 3.8) is 0 Å². The predicted octanol–water partition coefficient (Wildman–Crippen LogP) is 4.39. The molecule has 0 aromatic rings. The summed E-state index contributed by atoms with van der Waals surface area (Å²) in [7, 11) is 0. The molecule has 0 heterocycles. The molecule has 2 bridgehead atoms. The Balaban J connectivity index is 2.33. The zero-order chi connectivity index (χ0) is 12.2. The molecule has 0 spiro atoms. The fourth-order valence-electron chi connectivity index (χ4n) is 4.00. The van der Waals surface area contributed by atoms with Crippen LogP contribution in [0.2, 0.25) is 0 Å². The number of halogens is 1. The third-order valence-corrected chi connectivity index (χ3v) is 5.72. The second-order valence-electron chi connectivity index (χ2n) is 7.17. The van der Waals surface area contributed by atoms with E-state index >= 15 is 0 Å². The molecule has 3 unspecified atom stereocenters. The SMILES string of the molecule is CC(C)(C)OC1(CBr)C2CCC(C2)C1(C)C. The second-order valence-corrected chi connectivity index (χ2v) is 7.73. The van der Waals surface area contributed by atoms with Gasteiger partial charge in [-0.3, -0.25) is 0 Å². The Kier molecular flexibility index (Phi) is 2.99. The molecule has 0 aromatic carbocycles. The summed E-state index contributed by atoms with van der Waals surface area (Å²) in [5.41, 5.74) is 0.316. The van der Waals surface area contributed by atoms with Crippen LogP contribution >= 0.6 is 15.9 Å². The number of rotatable bonds is 2. The molecule has 0 aromatic heterocycles. The largest absolute Gasteiger partial charge is 0.368 e. The fourth-order valence-corrected chi connectivity index (χ4v) is 5.30. The first kappa shape index (κ1) is 12.9. The third-order valence-electron chi connectivity index (χ3n) is 4.89. The summed E-state index contributed by atoms with van der Waals surface area (Å²) >= 11 is 3.74. The smallest absolute Gasteiger partial charge is 0.0867 e. The van der Waals surface area contributed by atoms with E-state index in [0.29, 0.717) is 5.41 Å². The summed E-state index contributed by atoms with van der Waals surface area (Å²) in [5.74, 6) is 1.61.